The maximum atomic E-state index is 13.4. The third-order valence-electron chi connectivity index (χ3n) is 4.41. The van der Waals surface area contributed by atoms with E-state index in [4.69, 9.17) is 11.6 Å². The maximum Gasteiger partial charge on any atom is 0.123 e. The fraction of sp³-hybridized carbons (Fsp3) is 0.647. The molecule has 3 atom stereocenters. The summed E-state index contributed by atoms with van der Waals surface area (Å²) in [5.41, 5.74) is 0.930. The lowest BCUT2D eigenvalue weighted by Crippen LogP contribution is -2.37. The van der Waals surface area contributed by atoms with Gasteiger partial charge in [-0.1, -0.05) is 31.9 Å². The van der Waals surface area contributed by atoms with Gasteiger partial charge in [0.05, 0.1) is 0 Å². The van der Waals surface area contributed by atoms with E-state index < -0.39 is 0 Å². The van der Waals surface area contributed by atoms with Gasteiger partial charge in [0, 0.05) is 11.1 Å². The van der Waals surface area contributed by atoms with Crippen molar-refractivity contribution in [1.29, 1.82) is 0 Å². The second kappa shape index (κ2) is 7.42. The quantitative estimate of drug-likeness (QED) is 0.793. The summed E-state index contributed by atoms with van der Waals surface area (Å²) in [6, 6.07) is 5.10. The topological polar surface area (TPSA) is 12.0 Å². The van der Waals surface area contributed by atoms with Gasteiger partial charge in [-0.25, -0.2) is 4.39 Å². The molecular weight excluding hydrogens is 273 g/mol. The monoisotopic (exact) mass is 297 g/mol. The molecule has 3 unspecified atom stereocenters. The van der Waals surface area contributed by atoms with Gasteiger partial charge in [0.2, 0.25) is 0 Å². The molecule has 1 fully saturated rings. The predicted octanol–water partition coefficient (Wildman–Crippen LogP) is 4.83. The minimum atomic E-state index is -0.196. The number of rotatable bonds is 6. The molecule has 0 bridgehead atoms. The summed E-state index contributed by atoms with van der Waals surface area (Å²) < 4.78 is 13.4. The molecule has 3 heteroatoms. The first-order valence-corrected chi connectivity index (χ1v) is 8.15. The summed E-state index contributed by atoms with van der Waals surface area (Å²) in [5, 5.41) is 4.33. The standard InChI is InChI=1S/C17H25ClFN/c1-3-8-20-17(13-5-4-12(2)9-13)11-14-10-15(19)6-7-16(14)18/h6-7,10,12-13,17,20H,3-5,8-9,11H2,1-2H3. The van der Waals surface area contributed by atoms with Crippen molar-refractivity contribution in [3.63, 3.8) is 0 Å². The van der Waals surface area contributed by atoms with Crippen molar-refractivity contribution in [2.75, 3.05) is 6.54 Å². The number of halogens is 2. The summed E-state index contributed by atoms with van der Waals surface area (Å²) in [7, 11) is 0. The van der Waals surface area contributed by atoms with Gasteiger partial charge in [0.15, 0.2) is 0 Å². The molecule has 1 aliphatic rings. The SMILES string of the molecule is CCCNC(Cc1cc(F)ccc1Cl)C1CCC(C)C1. The predicted molar refractivity (Wildman–Crippen MR) is 83.7 cm³/mol. The molecule has 1 saturated carbocycles. The zero-order valence-corrected chi connectivity index (χ0v) is 13.2. The molecule has 1 nitrogen and oxygen atoms in total. The van der Waals surface area contributed by atoms with E-state index in [-0.39, 0.29) is 5.82 Å². The van der Waals surface area contributed by atoms with Gasteiger partial charge in [-0.3, -0.25) is 0 Å². The van der Waals surface area contributed by atoms with Crippen LogP contribution in [0.5, 0.6) is 0 Å². The molecule has 1 aromatic carbocycles. The molecule has 0 amide bonds. The molecule has 20 heavy (non-hydrogen) atoms. The second-order valence-electron chi connectivity index (χ2n) is 6.18. The van der Waals surface area contributed by atoms with Crippen molar-refractivity contribution in [2.24, 2.45) is 11.8 Å². The van der Waals surface area contributed by atoms with Crippen LogP contribution in [-0.2, 0) is 6.42 Å². The number of hydrogen-bond acceptors (Lipinski definition) is 1. The maximum absolute atomic E-state index is 13.4. The average molecular weight is 298 g/mol. The second-order valence-corrected chi connectivity index (χ2v) is 6.59. The van der Waals surface area contributed by atoms with E-state index in [0.29, 0.717) is 17.0 Å². The summed E-state index contributed by atoms with van der Waals surface area (Å²) in [4.78, 5) is 0. The molecule has 2 rings (SSSR count). The van der Waals surface area contributed by atoms with Gasteiger partial charge in [0.25, 0.3) is 0 Å². The van der Waals surface area contributed by atoms with Gasteiger partial charge < -0.3 is 5.32 Å². The van der Waals surface area contributed by atoms with Crippen LogP contribution in [0.15, 0.2) is 18.2 Å². The van der Waals surface area contributed by atoms with Crippen LogP contribution in [0.25, 0.3) is 0 Å². The van der Waals surface area contributed by atoms with E-state index in [2.05, 4.69) is 19.2 Å². The highest BCUT2D eigenvalue weighted by Gasteiger charge is 2.28. The highest BCUT2D eigenvalue weighted by Crippen LogP contribution is 2.34. The van der Waals surface area contributed by atoms with Crippen LogP contribution in [0.1, 0.15) is 45.1 Å². The highest BCUT2D eigenvalue weighted by molar-refractivity contribution is 6.31. The zero-order chi connectivity index (χ0) is 14.5. The Morgan fingerprint density at radius 2 is 2.20 bits per heavy atom. The summed E-state index contributed by atoms with van der Waals surface area (Å²) in [6.45, 7) is 5.52. The van der Waals surface area contributed by atoms with Crippen molar-refractivity contribution in [3.05, 3.63) is 34.6 Å². The van der Waals surface area contributed by atoms with E-state index in [1.807, 2.05) is 0 Å². The van der Waals surface area contributed by atoms with Gasteiger partial charge in [-0.2, -0.15) is 0 Å². The van der Waals surface area contributed by atoms with E-state index in [9.17, 15) is 4.39 Å². The van der Waals surface area contributed by atoms with E-state index in [1.54, 1.807) is 12.1 Å². The molecule has 0 heterocycles. The van der Waals surface area contributed by atoms with Crippen LogP contribution < -0.4 is 5.32 Å². The van der Waals surface area contributed by atoms with Crippen LogP contribution in [-0.4, -0.2) is 12.6 Å². The Hall–Kier alpha value is -0.600. The third-order valence-corrected chi connectivity index (χ3v) is 4.78. The van der Waals surface area contributed by atoms with E-state index in [0.717, 1.165) is 30.9 Å². The van der Waals surface area contributed by atoms with Crippen molar-refractivity contribution in [3.8, 4) is 0 Å². The molecule has 112 valence electrons. The van der Waals surface area contributed by atoms with Crippen LogP contribution in [0.2, 0.25) is 5.02 Å². The summed E-state index contributed by atoms with van der Waals surface area (Å²) in [6.07, 6.45) is 5.80. The third kappa shape index (κ3) is 4.20. The Labute approximate surface area is 126 Å². The van der Waals surface area contributed by atoms with Crippen molar-refractivity contribution >= 4 is 11.6 Å². The fourth-order valence-electron chi connectivity index (χ4n) is 3.29. The van der Waals surface area contributed by atoms with E-state index in [1.165, 1.54) is 25.3 Å². The number of nitrogens with one attached hydrogen (secondary N) is 1. The lowest BCUT2D eigenvalue weighted by molar-refractivity contribution is 0.348. The van der Waals surface area contributed by atoms with Crippen LogP contribution in [0.3, 0.4) is 0 Å². The Balaban J connectivity index is 2.08. The van der Waals surface area contributed by atoms with Gasteiger partial charge >= 0.3 is 0 Å². The lowest BCUT2D eigenvalue weighted by atomic mass is 9.91. The normalized spacial score (nSPS) is 24.0. The van der Waals surface area contributed by atoms with Crippen LogP contribution in [0, 0.1) is 17.7 Å². The molecule has 1 N–H and O–H groups in total. The first-order valence-electron chi connectivity index (χ1n) is 7.77. The zero-order valence-electron chi connectivity index (χ0n) is 12.5. The largest absolute Gasteiger partial charge is 0.313 e. The first kappa shape index (κ1) is 15.8. The smallest absolute Gasteiger partial charge is 0.123 e. The minimum Gasteiger partial charge on any atom is -0.313 e. The molecule has 0 saturated heterocycles. The summed E-state index contributed by atoms with van der Waals surface area (Å²) in [5.74, 6) is 1.31. The average Bonchev–Trinajstić information content (AvgIpc) is 2.85. The number of benzene rings is 1. The van der Waals surface area contributed by atoms with Crippen molar-refractivity contribution in [1.82, 2.24) is 5.32 Å². The lowest BCUT2D eigenvalue weighted by Gasteiger charge is -2.25. The minimum absolute atomic E-state index is 0.196. The van der Waals surface area contributed by atoms with Crippen molar-refractivity contribution < 1.29 is 4.39 Å². The molecule has 0 radical (unpaired) electrons. The van der Waals surface area contributed by atoms with Gasteiger partial charge in [-0.05, 0) is 67.8 Å². The van der Waals surface area contributed by atoms with E-state index >= 15 is 0 Å². The Morgan fingerprint density at radius 3 is 2.85 bits per heavy atom. The Kier molecular flexibility index (Phi) is 5.86. The van der Waals surface area contributed by atoms with Crippen LogP contribution in [0.4, 0.5) is 4.39 Å². The number of hydrogen-bond donors (Lipinski definition) is 1. The van der Waals surface area contributed by atoms with Crippen LogP contribution >= 0.6 is 11.6 Å². The summed E-state index contributed by atoms with van der Waals surface area (Å²) >= 11 is 6.22. The molecular formula is C17H25ClFN. The molecule has 1 aromatic rings. The molecule has 0 aromatic heterocycles. The Morgan fingerprint density at radius 1 is 1.40 bits per heavy atom. The first-order chi connectivity index (χ1) is 9.60. The highest BCUT2D eigenvalue weighted by atomic mass is 35.5. The van der Waals surface area contributed by atoms with Crippen molar-refractivity contribution in [2.45, 2.75) is 52.0 Å². The van der Waals surface area contributed by atoms with Gasteiger partial charge in [0.1, 0.15) is 5.82 Å². The Bertz CT molecular complexity index is 435. The molecule has 0 aliphatic heterocycles. The fourth-order valence-corrected chi connectivity index (χ4v) is 3.48. The molecule has 1 aliphatic carbocycles. The van der Waals surface area contributed by atoms with Gasteiger partial charge in [-0.15, -0.1) is 0 Å². The molecule has 0 spiro atoms.